The van der Waals surface area contributed by atoms with Crippen molar-refractivity contribution in [2.45, 2.75) is 49.8 Å². The number of piperidine rings is 1. The molecule has 2 amide bonds. The van der Waals surface area contributed by atoms with Gasteiger partial charge in [-0.3, -0.25) is 9.59 Å². The van der Waals surface area contributed by atoms with Crippen molar-refractivity contribution in [3.63, 3.8) is 0 Å². The van der Waals surface area contributed by atoms with Crippen molar-refractivity contribution in [2.24, 2.45) is 5.92 Å². The molecule has 1 unspecified atom stereocenters. The summed E-state index contributed by atoms with van der Waals surface area (Å²) in [6, 6.07) is 33.9. The molecule has 1 fully saturated rings. The highest BCUT2D eigenvalue weighted by atomic mass is 32.2. The van der Waals surface area contributed by atoms with Crippen LogP contribution in [0.5, 0.6) is 0 Å². The zero-order chi connectivity index (χ0) is 30.7. The van der Waals surface area contributed by atoms with E-state index < -0.39 is 11.6 Å². The number of likely N-dealkylation sites (tertiary alicyclic amines) is 1. The quantitative estimate of drug-likeness (QED) is 0.186. The zero-order valence-electron chi connectivity index (χ0n) is 25.3. The lowest BCUT2D eigenvalue weighted by Gasteiger charge is -2.43. The van der Waals surface area contributed by atoms with Gasteiger partial charge < -0.3 is 19.9 Å². The number of para-hydroxylation sites is 1. The van der Waals surface area contributed by atoms with Crippen LogP contribution in [-0.4, -0.2) is 51.3 Å². The first-order chi connectivity index (χ1) is 21.4. The minimum Gasteiger partial charge on any atom is -0.380 e. The van der Waals surface area contributed by atoms with Gasteiger partial charge in [0.1, 0.15) is 11.6 Å². The second-order valence-electron chi connectivity index (χ2n) is 11.6. The molecule has 6 rings (SSSR count). The van der Waals surface area contributed by atoms with Gasteiger partial charge in [0, 0.05) is 59.0 Å². The fourth-order valence-electron chi connectivity index (χ4n) is 6.82. The lowest BCUT2D eigenvalue weighted by Crippen LogP contribution is -2.53. The number of hydrogen-bond acceptors (Lipinski definition) is 4. The van der Waals surface area contributed by atoms with Gasteiger partial charge in [0.25, 0.3) is 0 Å². The Labute approximate surface area is 263 Å². The van der Waals surface area contributed by atoms with Gasteiger partial charge in [-0.1, -0.05) is 78.9 Å². The van der Waals surface area contributed by atoms with Crippen molar-refractivity contribution in [3.8, 4) is 0 Å². The molecule has 1 atom stereocenters. The number of carbonyl (C=O) groups is 2. The number of fused-ring (bicyclic) bond motifs is 3. The second-order valence-corrected chi connectivity index (χ2v) is 12.7. The number of carbonyl (C=O) groups excluding carboxylic acids is 2. The first-order valence-electron chi connectivity index (χ1n) is 15.4. The lowest BCUT2D eigenvalue weighted by atomic mass is 9.72. The molecule has 44 heavy (non-hydrogen) atoms. The summed E-state index contributed by atoms with van der Waals surface area (Å²) in [5, 5.41) is 17.6. The van der Waals surface area contributed by atoms with E-state index in [4.69, 9.17) is 0 Å². The smallest absolute Gasteiger partial charge is 0.246 e. The molecule has 1 aliphatic rings. The van der Waals surface area contributed by atoms with Gasteiger partial charge in [0.2, 0.25) is 11.8 Å². The molecule has 5 aromatic rings. The summed E-state index contributed by atoms with van der Waals surface area (Å²) < 4.78 is 2.32. The Balaban J connectivity index is 1.17. The number of hydrogen-bond donors (Lipinski definition) is 2. The highest BCUT2D eigenvalue weighted by molar-refractivity contribution is 7.99. The molecular formula is C37H39N3O3S. The van der Waals surface area contributed by atoms with E-state index in [0.29, 0.717) is 31.7 Å². The summed E-state index contributed by atoms with van der Waals surface area (Å²) in [5.74, 6) is 0.0938. The first-order valence-corrected chi connectivity index (χ1v) is 16.4. The minimum absolute atomic E-state index is 0.0538. The summed E-state index contributed by atoms with van der Waals surface area (Å²) >= 11 is 1.59. The molecule has 4 aromatic carbocycles. The number of nitrogens with one attached hydrogen (secondary N) is 1. The summed E-state index contributed by atoms with van der Waals surface area (Å²) in [4.78, 5) is 28.9. The third-order valence-corrected chi connectivity index (χ3v) is 10.1. The van der Waals surface area contributed by atoms with E-state index in [1.165, 1.54) is 28.7 Å². The Bertz CT molecular complexity index is 1720. The van der Waals surface area contributed by atoms with Crippen LogP contribution in [0.4, 0.5) is 0 Å². The van der Waals surface area contributed by atoms with Gasteiger partial charge in [-0.2, -0.15) is 0 Å². The van der Waals surface area contributed by atoms with Crippen LogP contribution in [0.3, 0.4) is 0 Å². The molecule has 1 aromatic heterocycles. The fourth-order valence-corrected chi connectivity index (χ4v) is 7.77. The third-order valence-electron chi connectivity index (χ3n) is 8.98. The van der Waals surface area contributed by atoms with Crippen LogP contribution in [0.1, 0.15) is 37.8 Å². The van der Waals surface area contributed by atoms with Gasteiger partial charge in [-0.05, 0) is 61.1 Å². The Morgan fingerprint density at radius 3 is 2.07 bits per heavy atom. The van der Waals surface area contributed by atoms with Crippen molar-refractivity contribution in [2.75, 3.05) is 18.8 Å². The normalized spacial score (nSPS) is 15.0. The maximum Gasteiger partial charge on any atom is 0.246 e. The average Bonchev–Trinajstić information content (AvgIpc) is 3.39. The standard InChI is InChI=1S/C37H39N3O3S/c1-3-40-34-17-11-10-16-31(34)32-24-30(18-19-35(32)40)44-25-33(38-26(2)41)36(42)39-22-20-29(21-23-39)37(43,27-12-6-4-7-13-27)28-14-8-5-9-15-28/h4-19,24,29,33,43H,3,20-23,25H2,1-2H3,(H,38,41). The summed E-state index contributed by atoms with van der Waals surface area (Å²) in [6.07, 6.45) is 1.31. The molecule has 7 heteroatoms. The Morgan fingerprint density at radius 2 is 1.45 bits per heavy atom. The van der Waals surface area contributed by atoms with E-state index in [1.807, 2.05) is 65.6 Å². The number of rotatable bonds is 9. The van der Waals surface area contributed by atoms with E-state index in [2.05, 4.69) is 59.3 Å². The number of nitrogens with zero attached hydrogens (tertiary/aromatic N) is 2. The predicted molar refractivity (Wildman–Crippen MR) is 179 cm³/mol. The van der Waals surface area contributed by atoms with Crippen LogP contribution in [0.15, 0.2) is 108 Å². The summed E-state index contributed by atoms with van der Waals surface area (Å²) in [7, 11) is 0. The number of aliphatic hydroxyl groups is 1. The Morgan fingerprint density at radius 1 is 0.864 bits per heavy atom. The molecule has 226 valence electrons. The van der Waals surface area contributed by atoms with Gasteiger partial charge >= 0.3 is 0 Å². The zero-order valence-corrected chi connectivity index (χ0v) is 26.1. The van der Waals surface area contributed by atoms with Crippen LogP contribution in [0.2, 0.25) is 0 Å². The van der Waals surface area contributed by atoms with Gasteiger partial charge in [0.15, 0.2) is 0 Å². The lowest BCUT2D eigenvalue weighted by molar-refractivity contribution is -0.137. The molecular weight excluding hydrogens is 566 g/mol. The molecule has 0 spiro atoms. The molecule has 0 aliphatic carbocycles. The Kier molecular flexibility index (Phi) is 8.78. The monoisotopic (exact) mass is 605 g/mol. The second kappa shape index (κ2) is 12.9. The average molecular weight is 606 g/mol. The highest BCUT2D eigenvalue weighted by Crippen LogP contribution is 2.42. The van der Waals surface area contributed by atoms with Crippen molar-refractivity contribution in [1.82, 2.24) is 14.8 Å². The van der Waals surface area contributed by atoms with Crippen molar-refractivity contribution in [1.29, 1.82) is 0 Å². The van der Waals surface area contributed by atoms with Crippen molar-refractivity contribution in [3.05, 3.63) is 114 Å². The highest BCUT2D eigenvalue weighted by Gasteiger charge is 2.42. The maximum atomic E-state index is 13.8. The van der Waals surface area contributed by atoms with E-state index in [9.17, 15) is 14.7 Å². The van der Waals surface area contributed by atoms with Gasteiger partial charge in [-0.25, -0.2) is 0 Å². The number of amides is 2. The molecule has 2 heterocycles. The van der Waals surface area contributed by atoms with E-state index in [0.717, 1.165) is 22.6 Å². The van der Waals surface area contributed by atoms with E-state index >= 15 is 0 Å². The number of aryl methyl sites for hydroxylation is 1. The molecule has 0 saturated carbocycles. The molecule has 0 radical (unpaired) electrons. The molecule has 6 nitrogen and oxygen atoms in total. The van der Waals surface area contributed by atoms with E-state index in [1.54, 1.807) is 11.8 Å². The molecule has 1 aliphatic heterocycles. The molecule has 0 bridgehead atoms. The third kappa shape index (κ3) is 5.74. The van der Waals surface area contributed by atoms with Crippen molar-refractivity contribution >= 4 is 45.4 Å². The van der Waals surface area contributed by atoms with E-state index in [-0.39, 0.29) is 17.7 Å². The van der Waals surface area contributed by atoms with Gasteiger partial charge in [-0.15, -0.1) is 11.8 Å². The van der Waals surface area contributed by atoms with Crippen LogP contribution < -0.4 is 5.32 Å². The Hall–Kier alpha value is -4.07. The number of thioether (sulfide) groups is 1. The largest absolute Gasteiger partial charge is 0.380 e. The first kappa shape index (κ1) is 30.0. The molecule has 1 saturated heterocycles. The maximum absolute atomic E-state index is 13.8. The molecule has 2 N–H and O–H groups in total. The van der Waals surface area contributed by atoms with Crippen LogP contribution in [0, 0.1) is 5.92 Å². The van der Waals surface area contributed by atoms with Crippen LogP contribution in [-0.2, 0) is 21.7 Å². The summed E-state index contributed by atoms with van der Waals surface area (Å²) in [6.45, 7) is 5.55. The van der Waals surface area contributed by atoms with Crippen molar-refractivity contribution < 1.29 is 14.7 Å². The minimum atomic E-state index is -1.15. The predicted octanol–water partition coefficient (Wildman–Crippen LogP) is 6.59. The fraction of sp³-hybridized carbons (Fsp3) is 0.297. The number of aromatic nitrogens is 1. The van der Waals surface area contributed by atoms with Crippen LogP contribution in [0.25, 0.3) is 21.8 Å². The van der Waals surface area contributed by atoms with Gasteiger partial charge in [0.05, 0.1) is 0 Å². The summed E-state index contributed by atoms with van der Waals surface area (Å²) in [5.41, 5.74) is 2.99. The topological polar surface area (TPSA) is 74.6 Å². The SMILES string of the molecule is CCn1c2ccccc2c2cc(SCC(NC(C)=O)C(=O)N3CCC(C(O)(c4ccccc4)c4ccccc4)CC3)ccc21. The number of benzene rings is 4. The van der Waals surface area contributed by atoms with Crippen LogP contribution >= 0.6 is 11.8 Å².